The predicted octanol–water partition coefficient (Wildman–Crippen LogP) is 1.16. The molecule has 2 fully saturated rings. The van der Waals surface area contributed by atoms with Crippen molar-refractivity contribution in [2.45, 2.75) is 38.0 Å². The van der Waals surface area contributed by atoms with Crippen molar-refractivity contribution in [2.75, 3.05) is 26.3 Å². The van der Waals surface area contributed by atoms with Crippen molar-refractivity contribution in [3.8, 4) is 0 Å². The van der Waals surface area contributed by atoms with Gasteiger partial charge < -0.3 is 15.2 Å². The molecule has 1 amide bonds. The molecule has 0 radical (unpaired) electrons. The first-order chi connectivity index (χ1) is 11.2. The molecule has 5 nitrogen and oxygen atoms in total. The Labute approximate surface area is 137 Å². The van der Waals surface area contributed by atoms with Crippen molar-refractivity contribution >= 4 is 5.91 Å². The first-order valence-corrected chi connectivity index (χ1v) is 8.54. The fourth-order valence-electron chi connectivity index (χ4n) is 3.69. The molecule has 23 heavy (non-hydrogen) atoms. The third-order valence-corrected chi connectivity index (χ3v) is 4.95. The van der Waals surface area contributed by atoms with Crippen LogP contribution in [0.25, 0.3) is 0 Å². The summed E-state index contributed by atoms with van der Waals surface area (Å²) in [5.41, 5.74) is 1.11. The van der Waals surface area contributed by atoms with Gasteiger partial charge >= 0.3 is 0 Å². The van der Waals surface area contributed by atoms with Crippen LogP contribution in [0.15, 0.2) is 30.3 Å². The fourth-order valence-corrected chi connectivity index (χ4v) is 3.69. The van der Waals surface area contributed by atoms with E-state index in [0.29, 0.717) is 32.7 Å². The van der Waals surface area contributed by atoms with Crippen LogP contribution in [0.1, 0.15) is 24.8 Å². The Morgan fingerprint density at radius 3 is 2.91 bits per heavy atom. The van der Waals surface area contributed by atoms with E-state index in [1.54, 1.807) is 0 Å². The number of rotatable bonds is 5. The lowest BCUT2D eigenvalue weighted by Crippen LogP contribution is -2.48. The summed E-state index contributed by atoms with van der Waals surface area (Å²) in [7, 11) is 0. The van der Waals surface area contributed by atoms with Gasteiger partial charge in [0.05, 0.1) is 19.3 Å². The smallest absolute Gasteiger partial charge is 0.234 e. The highest BCUT2D eigenvalue weighted by Gasteiger charge is 2.37. The Hall–Kier alpha value is -1.43. The Balaban J connectivity index is 1.50. The van der Waals surface area contributed by atoms with Crippen molar-refractivity contribution in [3.05, 3.63) is 35.9 Å². The molecule has 2 N–H and O–H groups in total. The second-order valence-corrected chi connectivity index (χ2v) is 6.54. The summed E-state index contributed by atoms with van der Waals surface area (Å²) < 4.78 is 5.54. The zero-order valence-electron chi connectivity index (χ0n) is 13.5. The maximum atomic E-state index is 12.2. The first-order valence-electron chi connectivity index (χ1n) is 8.54. The maximum absolute atomic E-state index is 12.2. The zero-order valence-corrected chi connectivity index (χ0v) is 13.5. The van der Waals surface area contributed by atoms with Crippen LogP contribution in [0.2, 0.25) is 0 Å². The van der Waals surface area contributed by atoms with Gasteiger partial charge in [-0.1, -0.05) is 30.3 Å². The second-order valence-electron chi connectivity index (χ2n) is 6.54. The Morgan fingerprint density at radius 1 is 1.30 bits per heavy atom. The first kappa shape index (κ1) is 16.4. The van der Waals surface area contributed by atoms with Gasteiger partial charge in [-0.05, 0) is 31.4 Å². The van der Waals surface area contributed by atoms with Gasteiger partial charge in [-0.15, -0.1) is 0 Å². The lowest BCUT2D eigenvalue weighted by Gasteiger charge is -2.36. The molecule has 0 spiro atoms. The van der Waals surface area contributed by atoms with Crippen molar-refractivity contribution in [2.24, 2.45) is 5.92 Å². The molecule has 5 heteroatoms. The molecule has 3 atom stereocenters. The highest BCUT2D eigenvalue weighted by molar-refractivity contribution is 5.78. The number of aliphatic hydroxyl groups excluding tert-OH is 1. The Bertz CT molecular complexity index is 508. The number of ether oxygens (including phenoxy) is 1. The summed E-state index contributed by atoms with van der Waals surface area (Å²) in [5, 5.41) is 13.2. The molecular formula is C18H26N2O3. The van der Waals surface area contributed by atoms with Crippen LogP contribution in [0, 0.1) is 5.92 Å². The number of aliphatic hydroxyl groups is 1. The summed E-state index contributed by atoms with van der Waals surface area (Å²) >= 11 is 0. The van der Waals surface area contributed by atoms with E-state index in [-0.39, 0.29) is 24.0 Å². The van der Waals surface area contributed by atoms with Gasteiger partial charge in [-0.3, -0.25) is 9.69 Å². The fraction of sp³-hybridized carbons (Fsp3) is 0.611. The molecule has 126 valence electrons. The summed E-state index contributed by atoms with van der Waals surface area (Å²) in [6.45, 7) is 3.14. The lowest BCUT2D eigenvalue weighted by atomic mass is 9.89. The third-order valence-electron chi connectivity index (χ3n) is 4.95. The highest BCUT2D eigenvalue weighted by Crippen LogP contribution is 2.29. The minimum atomic E-state index is -0.304. The topological polar surface area (TPSA) is 61.8 Å². The number of amides is 1. The van der Waals surface area contributed by atoms with E-state index in [2.05, 4.69) is 10.2 Å². The van der Waals surface area contributed by atoms with E-state index in [9.17, 15) is 9.90 Å². The number of benzene rings is 1. The van der Waals surface area contributed by atoms with Crippen LogP contribution in [-0.4, -0.2) is 54.4 Å². The number of carbonyl (C=O) groups is 1. The van der Waals surface area contributed by atoms with E-state index in [0.717, 1.165) is 24.9 Å². The number of likely N-dealkylation sites (tertiary alicyclic amines) is 1. The van der Waals surface area contributed by atoms with Crippen molar-refractivity contribution < 1.29 is 14.6 Å². The maximum Gasteiger partial charge on any atom is 0.234 e. The molecule has 2 aliphatic heterocycles. The molecule has 0 aliphatic carbocycles. The van der Waals surface area contributed by atoms with E-state index in [1.807, 2.05) is 30.3 Å². The van der Waals surface area contributed by atoms with Gasteiger partial charge in [0.1, 0.15) is 0 Å². The molecule has 1 aromatic carbocycles. The van der Waals surface area contributed by atoms with Crippen molar-refractivity contribution in [1.82, 2.24) is 10.2 Å². The Morgan fingerprint density at radius 2 is 2.13 bits per heavy atom. The number of hydrogen-bond donors (Lipinski definition) is 2. The average molecular weight is 318 g/mol. The van der Waals surface area contributed by atoms with Crippen LogP contribution >= 0.6 is 0 Å². The lowest BCUT2D eigenvalue weighted by molar-refractivity contribution is -0.124. The van der Waals surface area contributed by atoms with E-state index in [4.69, 9.17) is 4.74 Å². The molecule has 0 saturated carbocycles. The second kappa shape index (κ2) is 7.90. The molecule has 1 aromatic rings. The van der Waals surface area contributed by atoms with Gasteiger partial charge in [0, 0.05) is 25.1 Å². The summed E-state index contributed by atoms with van der Waals surface area (Å²) in [5.74, 6) is 0.181. The van der Waals surface area contributed by atoms with Gasteiger partial charge in [-0.25, -0.2) is 0 Å². The van der Waals surface area contributed by atoms with E-state index >= 15 is 0 Å². The number of nitrogens with one attached hydrogen (secondary N) is 1. The summed E-state index contributed by atoms with van der Waals surface area (Å²) in [6, 6.07) is 10.2. The van der Waals surface area contributed by atoms with E-state index in [1.165, 1.54) is 0 Å². The largest absolute Gasteiger partial charge is 0.393 e. The third kappa shape index (κ3) is 4.31. The highest BCUT2D eigenvalue weighted by atomic mass is 16.5. The minimum Gasteiger partial charge on any atom is -0.393 e. The average Bonchev–Trinajstić information content (AvgIpc) is 3.02. The predicted molar refractivity (Wildman–Crippen MR) is 87.8 cm³/mol. The molecule has 0 bridgehead atoms. The zero-order chi connectivity index (χ0) is 16.1. The van der Waals surface area contributed by atoms with Crippen LogP contribution in [-0.2, 0) is 16.1 Å². The standard InChI is InChI=1S/C18H26N2O3/c21-17-8-10-23-13-15(17)16-7-4-9-20(16)12-18(22)19-11-14-5-2-1-3-6-14/h1-3,5-6,15-17,21H,4,7-13H2,(H,19,22). The van der Waals surface area contributed by atoms with Crippen LogP contribution in [0.3, 0.4) is 0 Å². The van der Waals surface area contributed by atoms with Crippen molar-refractivity contribution in [1.29, 1.82) is 0 Å². The quantitative estimate of drug-likeness (QED) is 0.855. The normalized spacial score (nSPS) is 28.7. The SMILES string of the molecule is O=C(CN1CCCC1C1COCCC1O)NCc1ccccc1. The van der Waals surface area contributed by atoms with Crippen molar-refractivity contribution in [3.63, 3.8) is 0 Å². The molecule has 3 rings (SSSR count). The molecular weight excluding hydrogens is 292 g/mol. The van der Waals surface area contributed by atoms with Crippen LogP contribution in [0.4, 0.5) is 0 Å². The van der Waals surface area contributed by atoms with Crippen LogP contribution in [0.5, 0.6) is 0 Å². The monoisotopic (exact) mass is 318 g/mol. The number of hydrogen-bond acceptors (Lipinski definition) is 4. The van der Waals surface area contributed by atoms with Crippen LogP contribution < -0.4 is 5.32 Å². The molecule has 2 saturated heterocycles. The summed E-state index contributed by atoms with van der Waals surface area (Å²) in [4.78, 5) is 14.4. The molecule has 2 heterocycles. The number of nitrogens with zero attached hydrogens (tertiary/aromatic N) is 1. The number of carbonyl (C=O) groups excluding carboxylic acids is 1. The minimum absolute atomic E-state index is 0.0481. The van der Waals surface area contributed by atoms with E-state index < -0.39 is 0 Å². The van der Waals surface area contributed by atoms with Gasteiger partial charge in [0.25, 0.3) is 0 Å². The van der Waals surface area contributed by atoms with Gasteiger partial charge in [0.2, 0.25) is 5.91 Å². The molecule has 0 aromatic heterocycles. The molecule has 3 unspecified atom stereocenters. The van der Waals surface area contributed by atoms with Gasteiger partial charge in [0.15, 0.2) is 0 Å². The summed E-state index contributed by atoms with van der Waals surface area (Å²) in [6.07, 6.45) is 2.52. The van der Waals surface area contributed by atoms with Gasteiger partial charge in [-0.2, -0.15) is 0 Å². The molecule has 2 aliphatic rings. The Kier molecular flexibility index (Phi) is 5.65.